The second-order valence-electron chi connectivity index (χ2n) is 7.31. The first-order valence-electron chi connectivity index (χ1n) is 10.1. The third-order valence-electron chi connectivity index (χ3n) is 5.20. The number of aliphatic imine (C=N–C) groups is 1. The number of amides is 1. The molecule has 3 rings (SSSR count). The molecule has 2 saturated heterocycles. The van der Waals surface area contributed by atoms with E-state index in [1.54, 1.807) is 0 Å². The number of rotatable bonds is 5. The van der Waals surface area contributed by atoms with Gasteiger partial charge in [0.05, 0.1) is 5.69 Å². The van der Waals surface area contributed by atoms with Crippen LogP contribution in [0.3, 0.4) is 0 Å². The van der Waals surface area contributed by atoms with Crippen molar-refractivity contribution in [1.29, 1.82) is 0 Å². The Morgan fingerprint density at radius 1 is 1.21 bits per heavy atom. The molecule has 2 aliphatic rings. The predicted molar refractivity (Wildman–Crippen MR) is 122 cm³/mol. The van der Waals surface area contributed by atoms with Crippen LogP contribution in [0.1, 0.15) is 32.6 Å². The fraction of sp³-hybridized carbons (Fsp3) is 0.600. The van der Waals surface area contributed by atoms with Gasteiger partial charge in [0.15, 0.2) is 5.96 Å². The van der Waals surface area contributed by atoms with Crippen LogP contribution in [-0.2, 0) is 4.79 Å². The molecule has 0 bridgehead atoms. The van der Waals surface area contributed by atoms with Crippen LogP contribution < -0.4 is 15.5 Å². The van der Waals surface area contributed by atoms with E-state index in [0.29, 0.717) is 31.3 Å². The molecule has 29 heavy (non-hydrogen) atoms. The Morgan fingerprint density at radius 3 is 2.66 bits per heavy atom. The van der Waals surface area contributed by atoms with E-state index in [1.807, 2.05) is 16.7 Å². The van der Waals surface area contributed by atoms with Crippen LogP contribution >= 0.6 is 24.0 Å². The number of hydrogen-bond acceptors (Lipinski definition) is 3. The van der Waals surface area contributed by atoms with Crippen molar-refractivity contribution in [2.24, 2.45) is 4.99 Å². The summed E-state index contributed by atoms with van der Waals surface area (Å²) in [4.78, 5) is 20.5. The maximum absolute atomic E-state index is 14.0. The van der Waals surface area contributed by atoms with Crippen LogP contribution in [0.25, 0.3) is 0 Å². The number of carbonyl (C=O) groups is 1. The average molecular weight is 521 g/mol. The summed E-state index contributed by atoms with van der Waals surface area (Å²) in [5.74, 6) is -0.471. The van der Waals surface area contributed by atoms with Crippen LogP contribution in [0, 0.1) is 11.6 Å². The van der Waals surface area contributed by atoms with Gasteiger partial charge in [-0.15, -0.1) is 24.0 Å². The lowest BCUT2D eigenvalue weighted by atomic mass is 10.1. The summed E-state index contributed by atoms with van der Waals surface area (Å²) in [6.07, 6.45) is 4.11. The van der Waals surface area contributed by atoms with Crippen molar-refractivity contribution >= 4 is 41.5 Å². The van der Waals surface area contributed by atoms with Crippen LogP contribution in [0.4, 0.5) is 14.5 Å². The van der Waals surface area contributed by atoms with Gasteiger partial charge in [0, 0.05) is 44.8 Å². The summed E-state index contributed by atoms with van der Waals surface area (Å²) in [6.45, 7) is 5.68. The van der Waals surface area contributed by atoms with Gasteiger partial charge in [-0.05, 0) is 44.7 Å². The molecule has 0 aromatic heterocycles. The lowest BCUT2D eigenvalue weighted by Crippen LogP contribution is -2.45. The first-order chi connectivity index (χ1) is 13.6. The van der Waals surface area contributed by atoms with Crippen molar-refractivity contribution in [3.8, 4) is 0 Å². The molecule has 0 radical (unpaired) electrons. The summed E-state index contributed by atoms with van der Waals surface area (Å²) >= 11 is 0. The van der Waals surface area contributed by atoms with E-state index in [-0.39, 0.29) is 42.5 Å². The number of likely N-dealkylation sites (tertiary alicyclic amines) is 1. The van der Waals surface area contributed by atoms with Crippen LogP contribution in [-0.4, -0.2) is 62.1 Å². The number of benzene rings is 1. The lowest BCUT2D eigenvalue weighted by molar-refractivity contribution is -0.130. The monoisotopic (exact) mass is 521 g/mol. The fourth-order valence-electron chi connectivity index (χ4n) is 3.74. The number of halogens is 3. The molecule has 0 saturated carbocycles. The third-order valence-corrected chi connectivity index (χ3v) is 5.20. The van der Waals surface area contributed by atoms with Crippen LogP contribution in [0.2, 0.25) is 0 Å². The van der Waals surface area contributed by atoms with Gasteiger partial charge >= 0.3 is 0 Å². The topological polar surface area (TPSA) is 60.0 Å². The highest BCUT2D eigenvalue weighted by atomic mass is 127. The largest absolute Gasteiger partial charge is 0.367 e. The molecule has 1 unspecified atom stereocenters. The average Bonchev–Trinajstić information content (AvgIpc) is 3.15. The quantitative estimate of drug-likeness (QED) is 0.356. The second-order valence-corrected chi connectivity index (χ2v) is 7.31. The smallest absolute Gasteiger partial charge is 0.244 e. The van der Waals surface area contributed by atoms with E-state index in [2.05, 4.69) is 15.6 Å². The summed E-state index contributed by atoms with van der Waals surface area (Å²) < 4.78 is 27.1. The van der Waals surface area contributed by atoms with Crippen LogP contribution in [0.5, 0.6) is 0 Å². The van der Waals surface area contributed by atoms with Gasteiger partial charge in [-0.2, -0.15) is 0 Å². The zero-order valence-corrected chi connectivity index (χ0v) is 19.1. The number of anilines is 1. The van der Waals surface area contributed by atoms with E-state index >= 15 is 0 Å². The minimum Gasteiger partial charge on any atom is -0.367 e. The van der Waals surface area contributed by atoms with E-state index in [9.17, 15) is 13.6 Å². The maximum Gasteiger partial charge on any atom is 0.244 e. The van der Waals surface area contributed by atoms with Crippen molar-refractivity contribution in [3.05, 3.63) is 29.8 Å². The minimum atomic E-state index is -0.574. The highest BCUT2D eigenvalue weighted by molar-refractivity contribution is 14.0. The van der Waals surface area contributed by atoms with Crippen molar-refractivity contribution in [2.45, 2.75) is 38.6 Å². The van der Waals surface area contributed by atoms with Gasteiger partial charge in [-0.25, -0.2) is 13.8 Å². The fourth-order valence-corrected chi connectivity index (χ4v) is 3.74. The first kappa shape index (κ1) is 23.6. The van der Waals surface area contributed by atoms with Gasteiger partial charge in [0.2, 0.25) is 5.91 Å². The Morgan fingerprint density at radius 2 is 1.97 bits per heavy atom. The zero-order chi connectivity index (χ0) is 19.9. The maximum atomic E-state index is 14.0. The van der Waals surface area contributed by atoms with Gasteiger partial charge in [0.25, 0.3) is 0 Å². The summed E-state index contributed by atoms with van der Waals surface area (Å²) in [5.41, 5.74) is 0.410. The molecule has 1 aromatic carbocycles. The molecule has 2 fully saturated rings. The highest BCUT2D eigenvalue weighted by Crippen LogP contribution is 2.24. The number of nitrogens with one attached hydrogen (secondary N) is 2. The molecule has 0 spiro atoms. The molecule has 1 atom stereocenters. The van der Waals surface area contributed by atoms with Crippen molar-refractivity contribution in [3.63, 3.8) is 0 Å². The van der Waals surface area contributed by atoms with Crippen molar-refractivity contribution in [1.82, 2.24) is 15.5 Å². The number of nitrogens with zero attached hydrogens (tertiary/aromatic N) is 3. The molecule has 0 aliphatic carbocycles. The van der Waals surface area contributed by atoms with Gasteiger partial charge in [-0.3, -0.25) is 4.79 Å². The Balaban J connectivity index is 0.00000300. The van der Waals surface area contributed by atoms with Crippen LogP contribution in [0.15, 0.2) is 23.2 Å². The Labute approximate surface area is 188 Å². The predicted octanol–water partition coefficient (Wildman–Crippen LogP) is 2.73. The minimum absolute atomic E-state index is 0. The van der Waals surface area contributed by atoms with E-state index in [0.717, 1.165) is 38.4 Å². The molecule has 2 N–H and O–H groups in total. The Kier molecular flexibility index (Phi) is 9.38. The van der Waals surface area contributed by atoms with Gasteiger partial charge < -0.3 is 20.4 Å². The Hall–Kier alpha value is -1.65. The molecule has 9 heteroatoms. The van der Waals surface area contributed by atoms with Gasteiger partial charge in [0.1, 0.15) is 18.2 Å². The molecule has 6 nitrogen and oxygen atoms in total. The summed E-state index contributed by atoms with van der Waals surface area (Å²) in [5, 5.41) is 6.50. The summed E-state index contributed by atoms with van der Waals surface area (Å²) in [7, 11) is 0. The molecule has 2 heterocycles. The highest BCUT2D eigenvalue weighted by Gasteiger charge is 2.25. The van der Waals surface area contributed by atoms with E-state index in [1.165, 1.54) is 18.6 Å². The third kappa shape index (κ3) is 6.68. The first-order valence-corrected chi connectivity index (χ1v) is 10.1. The SMILES string of the molecule is CCNC(=NCC(=O)N1CCCCC1)NC1CCN(c2ccc(F)cc2F)C1.I. The molecule has 1 aromatic rings. The van der Waals surface area contributed by atoms with Crippen molar-refractivity contribution in [2.75, 3.05) is 44.2 Å². The number of hydrogen-bond donors (Lipinski definition) is 2. The standard InChI is InChI=1S/C20H29F2N5O.HI/c1-2-23-20(24-13-19(28)26-9-4-3-5-10-26)25-16-8-11-27(14-16)18-7-6-15(21)12-17(18)22;/h6-7,12,16H,2-5,8-11,13-14H2,1H3,(H2,23,24,25);1H. The molecular formula is C20H30F2IN5O. The number of piperidine rings is 1. The summed E-state index contributed by atoms with van der Waals surface area (Å²) in [6, 6.07) is 3.74. The second kappa shape index (κ2) is 11.5. The zero-order valence-electron chi connectivity index (χ0n) is 16.8. The molecule has 162 valence electrons. The van der Waals surface area contributed by atoms with E-state index < -0.39 is 11.6 Å². The van der Waals surface area contributed by atoms with Gasteiger partial charge in [-0.1, -0.05) is 0 Å². The number of guanidine groups is 1. The van der Waals surface area contributed by atoms with E-state index in [4.69, 9.17) is 0 Å². The molecule has 1 amide bonds. The molecular weight excluding hydrogens is 491 g/mol. The number of carbonyl (C=O) groups excluding carboxylic acids is 1. The lowest BCUT2D eigenvalue weighted by Gasteiger charge is -2.26. The normalized spacial score (nSPS) is 19.7. The van der Waals surface area contributed by atoms with Crippen molar-refractivity contribution < 1.29 is 13.6 Å². The Bertz CT molecular complexity index is 712. The molecule has 2 aliphatic heterocycles.